The van der Waals surface area contributed by atoms with E-state index in [4.69, 9.17) is 0 Å². The molecule has 1 aromatic rings. The zero-order chi connectivity index (χ0) is 16.9. The summed E-state index contributed by atoms with van der Waals surface area (Å²) in [5, 5.41) is 9.21. The summed E-state index contributed by atoms with van der Waals surface area (Å²) in [6.45, 7) is 4.57. The number of benzene rings is 1. The summed E-state index contributed by atoms with van der Waals surface area (Å²) >= 11 is 0. The van der Waals surface area contributed by atoms with E-state index < -0.39 is 5.97 Å². The standard InChI is InChI=1S/C22H28O2/c1-3-14-4-7-17-15(12-14)5-8-19-18(17)10-11-22(2)16(13-21(23)24)6-9-20(19)22/h4,7,12-13,18-20H,3,5-6,8-11H2,1-2H3,(H,23,24)/t18-,19-,20+,22-/m1/s1. The van der Waals surface area contributed by atoms with Crippen LogP contribution >= 0.6 is 0 Å². The molecule has 3 aliphatic rings. The Bertz CT molecular complexity index is 702. The minimum atomic E-state index is -0.768. The highest BCUT2D eigenvalue weighted by molar-refractivity contribution is 5.81. The largest absolute Gasteiger partial charge is 0.478 e. The van der Waals surface area contributed by atoms with Gasteiger partial charge in [-0.25, -0.2) is 4.79 Å². The molecule has 2 saturated carbocycles. The van der Waals surface area contributed by atoms with Gasteiger partial charge in [-0.05, 0) is 84.8 Å². The van der Waals surface area contributed by atoms with Crippen LogP contribution in [0.15, 0.2) is 29.8 Å². The molecule has 0 amide bonds. The zero-order valence-corrected chi connectivity index (χ0v) is 14.8. The predicted molar refractivity (Wildman–Crippen MR) is 96.2 cm³/mol. The number of hydrogen-bond acceptors (Lipinski definition) is 1. The van der Waals surface area contributed by atoms with Crippen LogP contribution in [0.2, 0.25) is 0 Å². The molecule has 4 rings (SSSR count). The second-order valence-corrected chi connectivity index (χ2v) is 8.30. The van der Waals surface area contributed by atoms with Gasteiger partial charge in [0, 0.05) is 6.08 Å². The molecule has 128 valence electrons. The van der Waals surface area contributed by atoms with E-state index in [-0.39, 0.29) is 5.41 Å². The number of carboxylic acids is 1. The highest BCUT2D eigenvalue weighted by atomic mass is 16.4. The van der Waals surface area contributed by atoms with Gasteiger partial charge >= 0.3 is 5.97 Å². The number of allylic oxidation sites excluding steroid dienone is 1. The third-order valence-corrected chi connectivity index (χ3v) is 7.34. The second kappa shape index (κ2) is 5.75. The van der Waals surface area contributed by atoms with Crippen LogP contribution in [0.3, 0.4) is 0 Å². The van der Waals surface area contributed by atoms with Crippen molar-refractivity contribution in [2.24, 2.45) is 17.3 Å². The molecule has 0 spiro atoms. The SMILES string of the molecule is CCc1ccc2c(c1)CC[C@@H]1[C@@H]2CC[C@]2(C)C(=CC(=O)O)CC[C@@H]12. The molecule has 2 heteroatoms. The maximum Gasteiger partial charge on any atom is 0.328 e. The van der Waals surface area contributed by atoms with Crippen LogP contribution in [-0.2, 0) is 17.6 Å². The van der Waals surface area contributed by atoms with Crippen molar-refractivity contribution in [3.8, 4) is 0 Å². The zero-order valence-electron chi connectivity index (χ0n) is 14.8. The first-order chi connectivity index (χ1) is 11.5. The summed E-state index contributed by atoms with van der Waals surface area (Å²) in [6, 6.07) is 7.15. The molecule has 2 nitrogen and oxygen atoms in total. The summed E-state index contributed by atoms with van der Waals surface area (Å²) in [4.78, 5) is 11.2. The maximum absolute atomic E-state index is 11.2. The molecule has 0 unspecified atom stereocenters. The van der Waals surface area contributed by atoms with Crippen molar-refractivity contribution in [3.63, 3.8) is 0 Å². The molecule has 24 heavy (non-hydrogen) atoms. The smallest absolute Gasteiger partial charge is 0.328 e. The molecule has 0 radical (unpaired) electrons. The van der Waals surface area contributed by atoms with Crippen molar-refractivity contribution in [3.05, 3.63) is 46.5 Å². The third-order valence-electron chi connectivity index (χ3n) is 7.34. The molecule has 3 aliphatic carbocycles. The molecule has 0 bridgehead atoms. The molecular weight excluding hydrogens is 296 g/mol. The van der Waals surface area contributed by atoms with Crippen molar-refractivity contribution in [2.75, 3.05) is 0 Å². The van der Waals surface area contributed by atoms with Gasteiger partial charge in [0.05, 0.1) is 0 Å². The van der Waals surface area contributed by atoms with Gasteiger partial charge in [-0.3, -0.25) is 0 Å². The lowest BCUT2D eigenvalue weighted by molar-refractivity contribution is -0.131. The summed E-state index contributed by atoms with van der Waals surface area (Å²) in [7, 11) is 0. The molecule has 4 atom stereocenters. The Morgan fingerprint density at radius 1 is 1.29 bits per heavy atom. The molecular formula is C22H28O2. The van der Waals surface area contributed by atoms with Gasteiger partial charge in [0.1, 0.15) is 0 Å². The summed E-state index contributed by atoms with van der Waals surface area (Å²) in [5.41, 5.74) is 5.96. The van der Waals surface area contributed by atoms with E-state index in [0.717, 1.165) is 25.2 Å². The molecule has 1 aromatic carbocycles. The van der Waals surface area contributed by atoms with Crippen molar-refractivity contribution in [1.29, 1.82) is 0 Å². The minimum absolute atomic E-state index is 0.125. The number of aryl methyl sites for hydroxylation is 2. The first-order valence-corrected chi connectivity index (χ1v) is 9.58. The summed E-state index contributed by atoms with van der Waals surface area (Å²) < 4.78 is 0. The Balaban J connectivity index is 1.66. The Labute approximate surface area is 145 Å². The molecule has 1 N–H and O–H groups in total. The second-order valence-electron chi connectivity index (χ2n) is 8.30. The topological polar surface area (TPSA) is 37.3 Å². The number of rotatable bonds is 2. The lowest BCUT2D eigenvalue weighted by atomic mass is 9.55. The van der Waals surface area contributed by atoms with E-state index >= 15 is 0 Å². The van der Waals surface area contributed by atoms with Gasteiger partial charge in [-0.1, -0.05) is 37.6 Å². The average Bonchev–Trinajstić information content (AvgIpc) is 2.90. The monoisotopic (exact) mass is 324 g/mol. The fraction of sp³-hybridized carbons (Fsp3) is 0.591. The van der Waals surface area contributed by atoms with Gasteiger partial charge in [0.2, 0.25) is 0 Å². The predicted octanol–water partition coefficient (Wildman–Crippen LogP) is 5.12. The Morgan fingerprint density at radius 2 is 2.12 bits per heavy atom. The van der Waals surface area contributed by atoms with Gasteiger partial charge in [0.15, 0.2) is 0 Å². The van der Waals surface area contributed by atoms with Crippen molar-refractivity contribution < 1.29 is 9.90 Å². The van der Waals surface area contributed by atoms with Gasteiger partial charge in [-0.15, -0.1) is 0 Å². The van der Waals surface area contributed by atoms with E-state index in [1.54, 1.807) is 11.1 Å². The maximum atomic E-state index is 11.2. The van der Waals surface area contributed by atoms with E-state index in [9.17, 15) is 9.90 Å². The fourth-order valence-corrected chi connectivity index (χ4v) is 6.09. The Morgan fingerprint density at radius 3 is 2.88 bits per heavy atom. The van der Waals surface area contributed by atoms with Crippen LogP contribution in [0.25, 0.3) is 0 Å². The number of hydrogen-bond donors (Lipinski definition) is 1. The normalized spacial score (nSPS) is 36.1. The van der Waals surface area contributed by atoms with Crippen LogP contribution in [0.1, 0.15) is 68.6 Å². The molecule has 2 fully saturated rings. The Kier molecular flexibility index (Phi) is 3.82. The molecule has 0 aromatic heterocycles. The van der Waals surface area contributed by atoms with E-state index in [2.05, 4.69) is 32.0 Å². The van der Waals surface area contributed by atoms with Crippen molar-refractivity contribution in [1.82, 2.24) is 0 Å². The van der Waals surface area contributed by atoms with Gasteiger partial charge in [0.25, 0.3) is 0 Å². The van der Waals surface area contributed by atoms with Gasteiger partial charge < -0.3 is 5.11 Å². The quantitative estimate of drug-likeness (QED) is 0.767. The van der Waals surface area contributed by atoms with E-state index in [1.807, 2.05) is 0 Å². The average molecular weight is 324 g/mol. The summed E-state index contributed by atoms with van der Waals surface area (Å²) in [5.74, 6) is 1.33. The number of fused-ring (bicyclic) bond motifs is 5. The van der Waals surface area contributed by atoms with Crippen LogP contribution in [0, 0.1) is 17.3 Å². The first-order valence-electron chi connectivity index (χ1n) is 9.58. The lowest BCUT2D eigenvalue weighted by Gasteiger charge is -2.49. The molecule has 0 saturated heterocycles. The van der Waals surface area contributed by atoms with Crippen LogP contribution in [0.4, 0.5) is 0 Å². The van der Waals surface area contributed by atoms with Gasteiger partial charge in [-0.2, -0.15) is 0 Å². The number of carbonyl (C=O) groups is 1. The van der Waals surface area contributed by atoms with E-state index in [0.29, 0.717) is 11.8 Å². The van der Waals surface area contributed by atoms with Crippen LogP contribution < -0.4 is 0 Å². The Hall–Kier alpha value is -1.57. The highest BCUT2D eigenvalue weighted by Gasteiger charge is 2.52. The minimum Gasteiger partial charge on any atom is -0.478 e. The van der Waals surface area contributed by atoms with Crippen LogP contribution in [0.5, 0.6) is 0 Å². The van der Waals surface area contributed by atoms with Crippen molar-refractivity contribution >= 4 is 5.97 Å². The lowest BCUT2D eigenvalue weighted by Crippen LogP contribution is -2.40. The highest BCUT2D eigenvalue weighted by Crippen LogP contribution is 2.62. The number of aliphatic carboxylic acids is 1. The first kappa shape index (κ1) is 15.9. The number of carboxylic acid groups (broad SMARTS) is 1. The molecule has 0 heterocycles. The fourth-order valence-electron chi connectivity index (χ4n) is 6.09. The van der Waals surface area contributed by atoms with Crippen LogP contribution in [-0.4, -0.2) is 11.1 Å². The molecule has 0 aliphatic heterocycles. The summed E-state index contributed by atoms with van der Waals surface area (Å²) in [6.07, 6.45) is 9.65. The van der Waals surface area contributed by atoms with Crippen molar-refractivity contribution in [2.45, 2.75) is 64.7 Å². The third kappa shape index (κ3) is 2.34. The van der Waals surface area contributed by atoms with E-state index in [1.165, 1.54) is 42.9 Å².